The second kappa shape index (κ2) is 6.42. The molecular weight excluding hydrogens is 314 g/mol. The molecule has 0 spiro atoms. The van der Waals surface area contributed by atoms with Crippen LogP contribution in [0.25, 0.3) is 0 Å². The number of halogens is 1. The zero-order chi connectivity index (χ0) is 14.6. The second-order valence-corrected chi connectivity index (χ2v) is 6.64. The summed E-state index contributed by atoms with van der Waals surface area (Å²) in [6.45, 7) is 7.33. The summed E-state index contributed by atoms with van der Waals surface area (Å²) in [4.78, 5) is 0. The summed E-state index contributed by atoms with van der Waals surface area (Å²) in [6.07, 6.45) is 0. The molecule has 0 heterocycles. The summed E-state index contributed by atoms with van der Waals surface area (Å²) in [7, 11) is 0. The first kappa shape index (κ1) is 15.1. The Labute approximate surface area is 129 Å². The van der Waals surface area contributed by atoms with E-state index in [4.69, 9.17) is 4.74 Å². The van der Waals surface area contributed by atoms with Crippen LogP contribution in [0, 0.1) is 0 Å². The molecular formula is C17H20BrNO. The summed E-state index contributed by atoms with van der Waals surface area (Å²) in [5, 5.41) is 3.47. The normalized spacial score (nSPS) is 11.4. The Morgan fingerprint density at radius 1 is 1.05 bits per heavy atom. The van der Waals surface area contributed by atoms with Crippen LogP contribution >= 0.6 is 15.9 Å². The lowest BCUT2D eigenvalue weighted by atomic mass is 10.1. The highest BCUT2D eigenvalue weighted by Gasteiger charge is 2.09. The van der Waals surface area contributed by atoms with Crippen LogP contribution in [-0.4, -0.2) is 5.54 Å². The van der Waals surface area contributed by atoms with Gasteiger partial charge >= 0.3 is 0 Å². The fourth-order valence-corrected chi connectivity index (χ4v) is 2.23. The van der Waals surface area contributed by atoms with Crippen LogP contribution in [0.15, 0.2) is 53.0 Å². The maximum absolute atomic E-state index is 5.84. The van der Waals surface area contributed by atoms with Crippen molar-refractivity contribution < 1.29 is 4.74 Å². The van der Waals surface area contributed by atoms with Gasteiger partial charge in [0.2, 0.25) is 0 Å². The maximum Gasteiger partial charge on any atom is 0.141 e. The molecule has 2 aromatic rings. The summed E-state index contributed by atoms with van der Waals surface area (Å²) < 4.78 is 6.81. The molecule has 0 aliphatic rings. The van der Waals surface area contributed by atoms with E-state index in [1.54, 1.807) is 0 Å². The predicted octanol–water partition coefficient (Wildman–Crippen LogP) is 5.13. The van der Waals surface area contributed by atoms with Crippen molar-refractivity contribution in [2.75, 3.05) is 0 Å². The number of hydrogen-bond acceptors (Lipinski definition) is 2. The highest BCUT2D eigenvalue weighted by Crippen LogP contribution is 2.30. The maximum atomic E-state index is 5.84. The van der Waals surface area contributed by atoms with Gasteiger partial charge in [0, 0.05) is 12.1 Å². The Morgan fingerprint density at radius 2 is 1.75 bits per heavy atom. The zero-order valence-corrected chi connectivity index (χ0v) is 13.7. The van der Waals surface area contributed by atoms with Crippen LogP contribution in [0.4, 0.5) is 0 Å². The van der Waals surface area contributed by atoms with Gasteiger partial charge in [-0.05, 0) is 66.5 Å². The minimum absolute atomic E-state index is 0.117. The van der Waals surface area contributed by atoms with Gasteiger partial charge in [-0.2, -0.15) is 0 Å². The van der Waals surface area contributed by atoms with Crippen LogP contribution in [-0.2, 0) is 6.54 Å². The third kappa shape index (κ3) is 4.66. The monoisotopic (exact) mass is 333 g/mol. The standard InChI is InChI=1S/C17H20BrNO/c1-17(2,3)19-12-13-9-10-16(15(18)11-13)20-14-7-5-4-6-8-14/h4-11,19H,12H2,1-3H3. The van der Waals surface area contributed by atoms with Crippen LogP contribution in [0.1, 0.15) is 26.3 Å². The highest BCUT2D eigenvalue weighted by molar-refractivity contribution is 9.10. The molecule has 0 aliphatic heterocycles. The van der Waals surface area contributed by atoms with Crippen LogP contribution in [0.5, 0.6) is 11.5 Å². The first-order chi connectivity index (χ1) is 9.44. The molecule has 106 valence electrons. The van der Waals surface area contributed by atoms with E-state index in [-0.39, 0.29) is 5.54 Å². The Morgan fingerprint density at radius 3 is 2.35 bits per heavy atom. The average molecular weight is 334 g/mol. The number of hydrogen-bond donors (Lipinski definition) is 1. The van der Waals surface area contributed by atoms with E-state index in [9.17, 15) is 0 Å². The lowest BCUT2D eigenvalue weighted by Crippen LogP contribution is -2.35. The summed E-state index contributed by atoms with van der Waals surface area (Å²) in [5.74, 6) is 1.67. The Bertz CT molecular complexity index is 561. The molecule has 0 saturated carbocycles. The van der Waals surface area contributed by atoms with Gasteiger partial charge in [-0.25, -0.2) is 0 Å². The molecule has 0 aromatic heterocycles. The Hall–Kier alpha value is -1.32. The quantitative estimate of drug-likeness (QED) is 0.837. The number of ether oxygens (including phenoxy) is 1. The van der Waals surface area contributed by atoms with Gasteiger partial charge in [0.05, 0.1) is 4.47 Å². The largest absolute Gasteiger partial charge is 0.456 e. The Balaban J connectivity index is 2.06. The van der Waals surface area contributed by atoms with E-state index in [1.807, 2.05) is 36.4 Å². The number of nitrogens with one attached hydrogen (secondary N) is 1. The molecule has 0 atom stereocenters. The smallest absolute Gasteiger partial charge is 0.141 e. The molecule has 0 fully saturated rings. The SMILES string of the molecule is CC(C)(C)NCc1ccc(Oc2ccccc2)c(Br)c1. The lowest BCUT2D eigenvalue weighted by molar-refractivity contribution is 0.424. The molecule has 0 aliphatic carbocycles. The van der Waals surface area contributed by atoms with E-state index < -0.39 is 0 Å². The molecule has 2 rings (SSSR count). The van der Waals surface area contributed by atoms with Gasteiger partial charge in [-0.1, -0.05) is 24.3 Å². The van der Waals surface area contributed by atoms with Gasteiger partial charge < -0.3 is 10.1 Å². The van der Waals surface area contributed by atoms with Crippen molar-refractivity contribution in [2.24, 2.45) is 0 Å². The third-order valence-electron chi connectivity index (χ3n) is 2.79. The second-order valence-electron chi connectivity index (χ2n) is 5.78. The molecule has 0 bridgehead atoms. The first-order valence-corrected chi connectivity index (χ1v) is 7.50. The van der Waals surface area contributed by atoms with Crippen molar-refractivity contribution in [3.05, 3.63) is 58.6 Å². The summed E-state index contributed by atoms with van der Waals surface area (Å²) in [6, 6.07) is 16.0. The molecule has 0 radical (unpaired) electrons. The van der Waals surface area contributed by atoms with Crippen LogP contribution in [0.2, 0.25) is 0 Å². The minimum atomic E-state index is 0.117. The number of para-hydroxylation sites is 1. The summed E-state index contributed by atoms with van der Waals surface area (Å²) in [5.41, 5.74) is 1.35. The first-order valence-electron chi connectivity index (χ1n) is 6.70. The zero-order valence-electron chi connectivity index (χ0n) is 12.1. The van der Waals surface area contributed by atoms with E-state index in [1.165, 1.54) is 5.56 Å². The topological polar surface area (TPSA) is 21.3 Å². The average Bonchev–Trinajstić information content (AvgIpc) is 2.40. The molecule has 1 N–H and O–H groups in total. The molecule has 0 amide bonds. The minimum Gasteiger partial charge on any atom is -0.456 e. The number of benzene rings is 2. The van der Waals surface area contributed by atoms with E-state index in [0.29, 0.717) is 0 Å². The third-order valence-corrected chi connectivity index (χ3v) is 3.41. The van der Waals surface area contributed by atoms with Crippen molar-refractivity contribution in [2.45, 2.75) is 32.9 Å². The van der Waals surface area contributed by atoms with Crippen LogP contribution < -0.4 is 10.1 Å². The highest BCUT2D eigenvalue weighted by atomic mass is 79.9. The number of rotatable bonds is 4. The van der Waals surface area contributed by atoms with E-state index in [0.717, 1.165) is 22.5 Å². The van der Waals surface area contributed by atoms with Gasteiger partial charge in [0.1, 0.15) is 11.5 Å². The molecule has 0 unspecified atom stereocenters. The van der Waals surface area contributed by atoms with Crippen molar-refractivity contribution in [1.82, 2.24) is 5.32 Å². The predicted molar refractivity (Wildman–Crippen MR) is 87.3 cm³/mol. The van der Waals surface area contributed by atoms with Gasteiger partial charge in [0.15, 0.2) is 0 Å². The van der Waals surface area contributed by atoms with E-state index >= 15 is 0 Å². The molecule has 2 nitrogen and oxygen atoms in total. The Kier molecular flexibility index (Phi) is 4.84. The molecule has 0 saturated heterocycles. The van der Waals surface area contributed by atoms with Crippen molar-refractivity contribution in [3.8, 4) is 11.5 Å². The summed E-state index contributed by atoms with van der Waals surface area (Å²) >= 11 is 3.57. The van der Waals surface area contributed by atoms with Gasteiger partial charge in [0.25, 0.3) is 0 Å². The van der Waals surface area contributed by atoms with Crippen molar-refractivity contribution in [1.29, 1.82) is 0 Å². The fraction of sp³-hybridized carbons (Fsp3) is 0.294. The van der Waals surface area contributed by atoms with Gasteiger partial charge in [-0.3, -0.25) is 0 Å². The van der Waals surface area contributed by atoms with Gasteiger partial charge in [-0.15, -0.1) is 0 Å². The molecule has 2 aromatic carbocycles. The fourth-order valence-electron chi connectivity index (χ4n) is 1.72. The molecule has 20 heavy (non-hydrogen) atoms. The van der Waals surface area contributed by atoms with E-state index in [2.05, 4.69) is 54.2 Å². The van der Waals surface area contributed by atoms with Crippen molar-refractivity contribution in [3.63, 3.8) is 0 Å². The lowest BCUT2D eigenvalue weighted by Gasteiger charge is -2.20. The molecule has 3 heteroatoms. The van der Waals surface area contributed by atoms with Crippen LogP contribution in [0.3, 0.4) is 0 Å². The van der Waals surface area contributed by atoms with Crippen molar-refractivity contribution >= 4 is 15.9 Å².